The molecule has 1 saturated carbocycles. The number of allylic oxidation sites excluding steroid dienone is 2. The molecule has 1 aromatic heterocycles. The molecular formula is C19H23NS. The van der Waals surface area contributed by atoms with Crippen LogP contribution in [0.4, 0.5) is 0 Å². The zero-order valence-corrected chi connectivity index (χ0v) is 14.3. The average Bonchev–Trinajstić information content (AvgIpc) is 2.96. The third kappa shape index (κ3) is 2.17. The van der Waals surface area contributed by atoms with Gasteiger partial charge in [-0.3, -0.25) is 0 Å². The Hall–Kier alpha value is -1.41. The first-order chi connectivity index (χ1) is 9.86. The summed E-state index contributed by atoms with van der Waals surface area (Å²) >= 11 is 1.77. The van der Waals surface area contributed by atoms with E-state index in [0.29, 0.717) is 11.6 Å². The molecule has 0 saturated heterocycles. The van der Waals surface area contributed by atoms with Crippen molar-refractivity contribution in [3.05, 3.63) is 45.9 Å². The first-order valence-electron chi connectivity index (χ1n) is 7.64. The molecule has 0 amide bonds. The van der Waals surface area contributed by atoms with Gasteiger partial charge in [0.05, 0.1) is 4.88 Å². The van der Waals surface area contributed by atoms with Crippen molar-refractivity contribution in [1.82, 2.24) is 0 Å². The van der Waals surface area contributed by atoms with Crippen molar-refractivity contribution >= 4 is 27.1 Å². The van der Waals surface area contributed by atoms with Crippen LogP contribution >= 0.6 is 11.3 Å². The lowest BCUT2D eigenvalue weighted by Gasteiger charge is -2.13. The maximum Gasteiger partial charge on any atom is 0.0528 e. The Kier molecular flexibility index (Phi) is 3.32. The van der Waals surface area contributed by atoms with Crippen molar-refractivity contribution in [2.45, 2.75) is 46.5 Å². The number of rotatable bonds is 3. The summed E-state index contributed by atoms with van der Waals surface area (Å²) in [5, 5.41) is 9.51. The molecule has 0 spiro atoms. The minimum atomic E-state index is 0.144. The fourth-order valence-electron chi connectivity index (χ4n) is 3.33. The van der Waals surface area contributed by atoms with Crippen LogP contribution in [0.5, 0.6) is 0 Å². The van der Waals surface area contributed by atoms with Crippen molar-refractivity contribution in [1.29, 1.82) is 5.41 Å². The summed E-state index contributed by atoms with van der Waals surface area (Å²) in [6.07, 6.45) is 1.15. The maximum absolute atomic E-state index is 8.17. The molecule has 1 aromatic carbocycles. The van der Waals surface area contributed by atoms with Gasteiger partial charge in [0.25, 0.3) is 0 Å². The van der Waals surface area contributed by atoms with Crippen molar-refractivity contribution in [2.24, 2.45) is 5.92 Å². The minimum Gasteiger partial charge on any atom is -0.304 e. The molecule has 3 rings (SSSR count). The number of nitrogens with one attached hydrogen (secondary N) is 1. The van der Waals surface area contributed by atoms with Crippen LogP contribution in [-0.4, -0.2) is 5.71 Å². The molecular weight excluding hydrogens is 274 g/mol. The summed E-state index contributed by atoms with van der Waals surface area (Å²) < 4.78 is 1.31. The first kappa shape index (κ1) is 14.5. The van der Waals surface area contributed by atoms with Crippen LogP contribution in [0, 0.1) is 11.3 Å². The highest BCUT2D eigenvalue weighted by Gasteiger charge is 2.49. The van der Waals surface area contributed by atoms with Crippen molar-refractivity contribution in [2.75, 3.05) is 0 Å². The van der Waals surface area contributed by atoms with E-state index in [1.165, 1.54) is 26.1 Å². The van der Waals surface area contributed by atoms with Crippen LogP contribution in [0.25, 0.3) is 10.1 Å². The molecule has 2 heteroatoms. The lowest BCUT2D eigenvalue weighted by molar-refractivity contribution is 0.751. The van der Waals surface area contributed by atoms with Crippen molar-refractivity contribution in [3.8, 4) is 0 Å². The zero-order valence-electron chi connectivity index (χ0n) is 13.5. The highest BCUT2D eigenvalue weighted by Crippen LogP contribution is 2.59. The maximum atomic E-state index is 8.17. The molecule has 21 heavy (non-hydrogen) atoms. The molecule has 1 fully saturated rings. The lowest BCUT2D eigenvalue weighted by atomic mass is 9.90. The molecule has 0 bridgehead atoms. The van der Waals surface area contributed by atoms with Gasteiger partial charge in [0.15, 0.2) is 0 Å². The van der Waals surface area contributed by atoms with E-state index < -0.39 is 0 Å². The number of thiophene rings is 1. The molecule has 110 valence electrons. The zero-order chi connectivity index (χ0) is 15.4. The van der Waals surface area contributed by atoms with Crippen LogP contribution in [0.2, 0.25) is 0 Å². The molecule has 1 heterocycles. The van der Waals surface area contributed by atoms with Gasteiger partial charge in [-0.1, -0.05) is 50.1 Å². The molecule has 1 nitrogen and oxygen atoms in total. The first-order valence-corrected chi connectivity index (χ1v) is 8.45. The summed E-state index contributed by atoms with van der Waals surface area (Å²) in [5.74, 6) is 0.608. The van der Waals surface area contributed by atoms with Gasteiger partial charge < -0.3 is 5.41 Å². The van der Waals surface area contributed by atoms with Crippen LogP contribution in [0.15, 0.2) is 35.4 Å². The van der Waals surface area contributed by atoms with Crippen molar-refractivity contribution < 1.29 is 0 Å². The summed E-state index contributed by atoms with van der Waals surface area (Å²) in [7, 11) is 0. The van der Waals surface area contributed by atoms with Gasteiger partial charge in [-0.2, -0.15) is 0 Å². The predicted octanol–water partition coefficient (Wildman–Crippen LogP) is 5.92. The standard InChI is InChI=1S/C19H23NS/c1-11(2)12(3)15-10-19(15,5)17-14-8-6-7-9-16(14)21-18(17)13(4)20/h6-9,11,20H,10H2,1-5H3/b15-12-,20-13?. The summed E-state index contributed by atoms with van der Waals surface area (Å²) in [6, 6.07) is 8.61. The van der Waals surface area contributed by atoms with Gasteiger partial charge in [0, 0.05) is 15.8 Å². The number of hydrogen-bond acceptors (Lipinski definition) is 2. The van der Waals surface area contributed by atoms with E-state index in [4.69, 9.17) is 5.41 Å². The van der Waals surface area contributed by atoms with Crippen LogP contribution in [0.1, 0.15) is 51.5 Å². The molecule has 1 atom stereocenters. The molecule has 0 aliphatic heterocycles. The fraction of sp³-hybridized carbons (Fsp3) is 0.421. The van der Waals surface area contributed by atoms with E-state index in [-0.39, 0.29) is 5.41 Å². The van der Waals surface area contributed by atoms with Crippen molar-refractivity contribution in [3.63, 3.8) is 0 Å². The summed E-state index contributed by atoms with van der Waals surface area (Å²) in [6.45, 7) is 11.1. The quantitative estimate of drug-likeness (QED) is 0.537. The second-order valence-electron chi connectivity index (χ2n) is 6.75. The van der Waals surface area contributed by atoms with E-state index in [1.807, 2.05) is 6.92 Å². The SMILES string of the molecule is CC(=N)c1sc2ccccc2c1C1(C)C/C1=C(\C)C(C)C. The average molecular weight is 297 g/mol. The molecule has 1 aliphatic carbocycles. The Bertz CT molecular complexity index is 763. The van der Waals surface area contributed by atoms with Gasteiger partial charge in [-0.15, -0.1) is 11.3 Å². The topological polar surface area (TPSA) is 23.9 Å². The van der Waals surface area contributed by atoms with Gasteiger partial charge in [0.2, 0.25) is 0 Å². The summed E-state index contributed by atoms with van der Waals surface area (Å²) in [5.41, 5.74) is 5.35. The highest BCUT2D eigenvalue weighted by molar-refractivity contribution is 7.21. The number of benzene rings is 1. The molecule has 1 unspecified atom stereocenters. The molecule has 1 aliphatic rings. The Labute approximate surface area is 131 Å². The minimum absolute atomic E-state index is 0.144. The van der Waals surface area contributed by atoms with E-state index in [9.17, 15) is 0 Å². The second-order valence-corrected chi connectivity index (χ2v) is 7.80. The molecule has 0 radical (unpaired) electrons. The van der Waals surface area contributed by atoms with Crippen LogP contribution < -0.4 is 0 Å². The van der Waals surface area contributed by atoms with Gasteiger partial charge in [-0.05, 0) is 43.2 Å². The Morgan fingerprint density at radius 2 is 1.90 bits per heavy atom. The Morgan fingerprint density at radius 3 is 2.52 bits per heavy atom. The fourth-order valence-corrected chi connectivity index (χ4v) is 4.57. The van der Waals surface area contributed by atoms with Gasteiger partial charge in [-0.25, -0.2) is 0 Å². The third-order valence-electron chi connectivity index (χ3n) is 4.90. The van der Waals surface area contributed by atoms with E-state index in [0.717, 1.165) is 6.42 Å². The lowest BCUT2D eigenvalue weighted by Crippen LogP contribution is -2.07. The third-order valence-corrected chi connectivity index (χ3v) is 6.19. The van der Waals surface area contributed by atoms with E-state index in [1.54, 1.807) is 16.9 Å². The highest BCUT2D eigenvalue weighted by atomic mass is 32.1. The van der Waals surface area contributed by atoms with Gasteiger partial charge >= 0.3 is 0 Å². The number of fused-ring (bicyclic) bond motifs is 1. The monoisotopic (exact) mass is 297 g/mol. The van der Waals surface area contributed by atoms with Crippen LogP contribution in [0.3, 0.4) is 0 Å². The Balaban J connectivity index is 2.24. The summed E-state index contributed by atoms with van der Waals surface area (Å²) in [4.78, 5) is 1.17. The normalized spacial score (nSPS) is 23.7. The Morgan fingerprint density at radius 1 is 1.24 bits per heavy atom. The molecule has 1 N–H and O–H groups in total. The van der Waals surface area contributed by atoms with E-state index >= 15 is 0 Å². The smallest absolute Gasteiger partial charge is 0.0528 e. The number of hydrogen-bond donors (Lipinski definition) is 1. The van der Waals surface area contributed by atoms with Crippen LogP contribution in [-0.2, 0) is 5.41 Å². The largest absolute Gasteiger partial charge is 0.304 e. The second kappa shape index (κ2) is 4.81. The molecule has 2 aromatic rings. The predicted molar refractivity (Wildman–Crippen MR) is 93.8 cm³/mol. The van der Waals surface area contributed by atoms with Gasteiger partial charge in [0.1, 0.15) is 0 Å². The van der Waals surface area contributed by atoms with E-state index in [2.05, 4.69) is 52.0 Å².